The number of rotatable bonds is 18. The molecule has 0 spiro atoms. The summed E-state index contributed by atoms with van der Waals surface area (Å²) in [5.74, 6) is -0.241. The van der Waals surface area contributed by atoms with Crippen molar-refractivity contribution < 1.29 is 18.4 Å². The van der Waals surface area contributed by atoms with E-state index in [9.17, 15) is 4.79 Å². The summed E-state index contributed by atoms with van der Waals surface area (Å²) in [7, 11) is -5.90. The zero-order valence-corrected chi connectivity index (χ0v) is 36.0. The first kappa shape index (κ1) is 41.6. The second-order valence-electron chi connectivity index (χ2n) is 17.3. The molecule has 0 radical (unpaired) electrons. The number of hydrogen-bond donors (Lipinski definition) is 0. The number of ether oxygens (including phenoxy) is 1. The second kappa shape index (κ2) is 18.4. The van der Waals surface area contributed by atoms with Crippen molar-refractivity contribution in [1.82, 2.24) is 0 Å². The highest BCUT2D eigenvalue weighted by Gasteiger charge is 2.56. The maximum atomic E-state index is 14.0. The molecule has 0 unspecified atom stereocenters. The Kier molecular flexibility index (Phi) is 14.2. The fourth-order valence-electron chi connectivity index (χ4n) is 8.46. The molecule has 1 saturated heterocycles. The zero-order chi connectivity index (χ0) is 38.7. The Morgan fingerprint density at radius 1 is 0.574 bits per heavy atom. The molecule has 0 amide bonds. The third-order valence-corrected chi connectivity index (χ3v) is 21.2. The molecule has 1 aliphatic rings. The Labute approximate surface area is 328 Å². The lowest BCUT2D eigenvalue weighted by atomic mass is 9.98. The molecule has 0 atom stereocenters. The minimum absolute atomic E-state index is 0.228. The second-order valence-corrected chi connectivity index (χ2v) is 25.9. The number of allylic oxidation sites excluding steroid dienone is 1. The highest BCUT2D eigenvalue weighted by Crippen LogP contribution is 2.42. The molecule has 4 nitrogen and oxygen atoms in total. The maximum Gasteiger partial charge on any atom is 0.334 e. The van der Waals surface area contributed by atoms with Gasteiger partial charge in [0.25, 0.3) is 16.6 Å². The lowest BCUT2D eigenvalue weighted by molar-refractivity contribution is -0.152. The average Bonchev–Trinajstić information content (AvgIpc) is 3.48. The number of benzene rings is 4. The number of carbonyl (C=O) groups is 1. The molecule has 0 bridgehead atoms. The smallest absolute Gasteiger partial charge is 0.334 e. The Hall–Kier alpha value is -3.56. The van der Waals surface area contributed by atoms with Crippen LogP contribution < -0.4 is 20.7 Å². The number of carbonyl (C=O) groups excluding carboxylic acids is 1. The van der Waals surface area contributed by atoms with Crippen molar-refractivity contribution in [3.63, 3.8) is 0 Å². The third-order valence-electron chi connectivity index (χ3n) is 11.2. The Morgan fingerprint density at radius 2 is 0.926 bits per heavy atom. The van der Waals surface area contributed by atoms with Gasteiger partial charge in [-0.1, -0.05) is 214 Å². The van der Waals surface area contributed by atoms with Crippen LogP contribution in [0.5, 0.6) is 0 Å². The molecule has 0 N–H and O–H groups in total. The lowest BCUT2D eigenvalue weighted by Gasteiger charge is -2.46. The molecule has 1 aliphatic heterocycles. The summed E-state index contributed by atoms with van der Waals surface area (Å²) in [4.78, 5) is 14.0. The van der Waals surface area contributed by atoms with E-state index in [1.54, 1.807) is 0 Å². The molecular formula is C48H64O4Si2. The fraction of sp³-hybridized carbons (Fsp3) is 0.438. The van der Waals surface area contributed by atoms with E-state index in [1.165, 1.54) is 59.3 Å². The first-order valence-corrected chi connectivity index (χ1v) is 24.1. The predicted octanol–water partition coefficient (Wildman–Crippen LogP) is 9.89. The van der Waals surface area contributed by atoms with Crippen molar-refractivity contribution in [2.75, 3.05) is 13.2 Å². The zero-order valence-electron chi connectivity index (χ0n) is 34.0. The summed E-state index contributed by atoms with van der Waals surface area (Å²) in [6.45, 7) is 16.5. The molecule has 0 aromatic heterocycles. The van der Waals surface area contributed by atoms with Crippen molar-refractivity contribution >= 4 is 43.4 Å². The van der Waals surface area contributed by atoms with Crippen LogP contribution in [0.2, 0.25) is 10.1 Å². The van der Waals surface area contributed by atoms with E-state index < -0.39 is 22.2 Å². The SMILES string of the molecule is CCCCCCCCC/C=C1/CC(CO[Si](c2ccccc2)(c2ccccc2)C(C)(C)C)(CO[Si](c2ccccc2)(c2ccccc2)C(C)(C)C)OC1=O. The normalized spacial score (nSPS) is 15.8. The monoisotopic (exact) mass is 760 g/mol. The van der Waals surface area contributed by atoms with Gasteiger partial charge in [-0.25, -0.2) is 4.79 Å². The molecule has 1 heterocycles. The van der Waals surface area contributed by atoms with E-state index in [2.05, 4.69) is 176 Å². The fourth-order valence-corrected chi connectivity index (χ4v) is 17.7. The van der Waals surface area contributed by atoms with Gasteiger partial charge >= 0.3 is 5.97 Å². The van der Waals surface area contributed by atoms with Crippen LogP contribution >= 0.6 is 0 Å². The molecule has 6 heteroatoms. The third kappa shape index (κ3) is 9.27. The van der Waals surface area contributed by atoms with Crippen molar-refractivity contribution in [3.05, 3.63) is 133 Å². The number of hydrogen-bond acceptors (Lipinski definition) is 4. The summed E-state index contributed by atoms with van der Waals surface area (Å²) in [5, 5.41) is 4.34. The topological polar surface area (TPSA) is 44.8 Å². The van der Waals surface area contributed by atoms with Gasteiger partial charge in [-0.2, -0.15) is 0 Å². The van der Waals surface area contributed by atoms with Crippen molar-refractivity contribution in [1.29, 1.82) is 0 Å². The van der Waals surface area contributed by atoms with E-state index in [0.29, 0.717) is 6.42 Å². The van der Waals surface area contributed by atoms with E-state index >= 15 is 0 Å². The Bertz CT molecular complexity index is 1580. The van der Waals surface area contributed by atoms with E-state index in [0.717, 1.165) is 18.4 Å². The van der Waals surface area contributed by atoms with Gasteiger partial charge in [0.2, 0.25) is 0 Å². The van der Waals surface area contributed by atoms with Gasteiger partial charge in [0.1, 0.15) is 0 Å². The van der Waals surface area contributed by atoms with Gasteiger partial charge in [-0.3, -0.25) is 0 Å². The minimum atomic E-state index is -2.95. The van der Waals surface area contributed by atoms with Crippen molar-refractivity contribution in [2.24, 2.45) is 0 Å². The summed E-state index contributed by atoms with van der Waals surface area (Å²) < 4.78 is 21.8. The van der Waals surface area contributed by atoms with Gasteiger partial charge < -0.3 is 13.6 Å². The van der Waals surface area contributed by atoms with Gasteiger partial charge in [0, 0.05) is 12.0 Å². The van der Waals surface area contributed by atoms with E-state index in [4.69, 9.17) is 13.6 Å². The highest BCUT2D eigenvalue weighted by molar-refractivity contribution is 7.00. The van der Waals surface area contributed by atoms with Gasteiger partial charge in [-0.05, 0) is 43.7 Å². The molecule has 54 heavy (non-hydrogen) atoms. The standard InChI is InChI=1S/C48H64O4Si2/c1-8-9-10-11-12-13-14-19-28-40-37-48(52-45(40)49,38-50-53(46(2,3)4,41-29-20-15-21-30-41)42-31-22-16-23-32-42)39-51-54(47(5,6)7,43-33-24-17-25-34-43)44-35-26-18-27-36-44/h15-18,20-36H,8-14,19,37-39H2,1-7H3/b40-28-. The summed E-state index contributed by atoms with van der Waals surface area (Å²) in [6.07, 6.45) is 12.1. The predicted molar refractivity (Wildman–Crippen MR) is 231 cm³/mol. The number of esters is 1. The van der Waals surface area contributed by atoms with Gasteiger partial charge in [0.15, 0.2) is 5.60 Å². The van der Waals surface area contributed by atoms with Crippen molar-refractivity contribution in [2.45, 2.75) is 122 Å². The molecule has 5 rings (SSSR count). The molecule has 4 aromatic carbocycles. The summed E-state index contributed by atoms with van der Waals surface area (Å²) in [6, 6.07) is 42.8. The molecule has 288 valence electrons. The van der Waals surface area contributed by atoms with Crippen molar-refractivity contribution in [3.8, 4) is 0 Å². The average molecular weight is 761 g/mol. The van der Waals surface area contributed by atoms with Crippen LogP contribution in [0.3, 0.4) is 0 Å². The highest BCUT2D eigenvalue weighted by atomic mass is 28.4. The molecule has 0 saturated carbocycles. The van der Waals surface area contributed by atoms with Gasteiger partial charge in [-0.15, -0.1) is 0 Å². The van der Waals surface area contributed by atoms with Crippen LogP contribution in [0.25, 0.3) is 0 Å². The Balaban J connectivity index is 1.55. The van der Waals surface area contributed by atoms with Crippen LogP contribution in [0, 0.1) is 0 Å². The van der Waals surface area contributed by atoms with E-state index in [1.807, 2.05) is 0 Å². The molecule has 0 aliphatic carbocycles. The van der Waals surface area contributed by atoms with Crippen LogP contribution in [0.1, 0.15) is 106 Å². The minimum Gasteiger partial charge on any atom is -0.451 e. The van der Waals surface area contributed by atoms with Crippen LogP contribution in [0.4, 0.5) is 0 Å². The van der Waals surface area contributed by atoms with Crippen LogP contribution in [0.15, 0.2) is 133 Å². The Morgan fingerprint density at radius 3 is 1.28 bits per heavy atom. The molecule has 1 fully saturated rings. The first-order valence-electron chi connectivity index (χ1n) is 20.3. The maximum absolute atomic E-state index is 14.0. The lowest BCUT2D eigenvalue weighted by Crippen LogP contribution is -2.69. The largest absolute Gasteiger partial charge is 0.451 e. The summed E-state index contributed by atoms with van der Waals surface area (Å²) >= 11 is 0. The molecular weight excluding hydrogens is 697 g/mol. The van der Waals surface area contributed by atoms with Crippen LogP contribution in [-0.4, -0.2) is 41.4 Å². The van der Waals surface area contributed by atoms with Gasteiger partial charge in [0.05, 0.1) is 13.2 Å². The first-order chi connectivity index (χ1) is 25.9. The summed E-state index contributed by atoms with van der Waals surface area (Å²) in [5.41, 5.74) is -0.249. The van der Waals surface area contributed by atoms with Crippen LogP contribution in [-0.2, 0) is 18.4 Å². The quantitative estimate of drug-likeness (QED) is 0.0439. The number of unbranched alkanes of at least 4 members (excludes halogenated alkanes) is 7. The molecule has 4 aromatic rings. The van der Waals surface area contributed by atoms with E-state index in [-0.39, 0.29) is 29.3 Å². The number of cyclic esters (lactones) is 1.